The van der Waals surface area contributed by atoms with E-state index in [1.807, 2.05) is 19.9 Å². The molecule has 0 spiro atoms. The van der Waals surface area contributed by atoms with Gasteiger partial charge in [-0.05, 0) is 93.3 Å². The van der Waals surface area contributed by atoms with Crippen LogP contribution in [0.25, 0.3) is 0 Å². The van der Waals surface area contributed by atoms with Gasteiger partial charge in [0.25, 0.3) is 0 Å². The summed E-state index contributed by atoms with van der Waals surface area (Å²) in [4.78, 5) is 0. The van der Waals surface area contributed by atoms with Crippen LogP contribution < -0.4 is 0 Å². The lowest BCUT2D eigenvalue weighted by molar-refractivity contribution is -0.361. The van der Waals surface area contributed by atoms with Crippen LogP contribution in [0, 0.1) is 46.3 Å². The Morgan fingerprint density at radius 3 is 2.17 bits per heavy atom. The number of fused-ring (bicyclic) bond motifs is 7. The molecular weight excluding hydrogens is 696 g/mol. The average Bonchev–Trinajstić information content (AvgIpc) is 3.40. The van der Waals surface area contributed by atoms with E-state index in [1.165, 1.54) is 0 Å². The summed E-state index contributed by atoms with van der Waals surface area (Å²) in [5.41, 5.74) is -0.308. The van der Waals surface area contributed by atoms with E-state index in [0.29, 0.717) is 12.8 Å². The van der Waals surface area contributed by atoms with Crippen molar-refractivity contribution >= 4 is 0 Å². The molecule has 7 fully saturated rings. The van der Waals surface area contributed by atoms with Gasteiger partial charge in [-0.25, -0.2) is 0 Å². The quantitative estimate of drug-likeness (QED) is 0.134. The van der Waals surface area contributed by atoms with Crippen molar-refractivity contribution in [2.24, 2.45) is 46.3 Å². The van der Waals surface area contributed by atoms with Gasteiger partial charge in [-0.3, -0.25) is 0 Å². The van der Waals surface area contributed by atoms with Gasteiger partial charge in [-0.1, -0.05) is 25.5 Å². The van der Waals surface area contributed by atoms with E-state index in [2.05, 4.69) is 13.8 Å². The van der Waals surface area contributed by atoms with E-state index in [-0.39, 0.29) is 61.2 Å². The lowest BCUT2D eigenvalue weighted by Gasteiger charge is -2.64. The summed E-state index contributed by atoms with van der Waals surface area (Å²) in [5, 5.41) is 108. The first kappa shape index (κ1) is 40.3. The SMILES string of the molecule is CC(C)=C[C@@H]1O[C@H]2C[C@H]3[C@@H]4CC[C@@H]5C[C@@H](O)C[C@H](O)[C@]5(CO)[C@H]4[C@H](O)C[C@]3(C)[C@H]2[C@H](C)[C@H]1O[C@@H]1O[C@H](CO)[C@@H](O[C@@H]2OC[C@H](O)[C@H](O)[C@H]2O)[C@H](O)[C@H]1O. The van der Waals surface area contributed by atoms with Gasteiger partial charge in [0.2, 0.25) is 0 Å². The Kier molecular flexibility index (Phi) is 11.5. The third kappa shape index (κ3) is 6.57. The van der Waals surface area contributed by atoms with Crippen molar-refractivity contribution < 1.29 is 74.7 Å². The molecule has 4 saturated carbocycles. The molecule has 7 aliphatic rings. The summed E-state index contributed by atoms with van der Waals surface area (Å²) in [6.45, 7) is 6.94. The third-order valence-electron chi connectivity index (χ3n) is 14.8. The molecule has 3 saturated heterocycles. The lowest BCUT2D eigenvalue weighted by Crippen LogP contribution is -2.66. The first-order valence-electron chi connectivity index (χ1n) is 19.6. The molecule has 0 bridgehead atoms. The van der Waals surface area contributed by atoms with Gasteiger partial charge in [0.05, 0.1) is 50.3 Å². The van der Waals surface area contributed by atoms with Gasteiger partial charge in [0.15, 0.2) is 12.6 Å². The van der Waals surface area contributed by atoms with Crippen molar-refractivity contribution in [2.75, 3.05) is 19.8 Å². The van der Waals surface area contributed by atoms with Gasteiger partial charge in [0, 0.05) is 5.41 Å². The first-order chi connectivity index (χ1) is 25.1. The highest BCUT2D eigenvalue weighted by molar-refractivity contribution is 5.19. The molecular formula is C38H62O15. The molecule has 0 aromatic rings. The number of aliphatic hydroxyl groups is 10. The highest BCUT2D eigenvalue weighted by atomic mass is 16.7. The van der Waals surface area contributed by atoms with Crippen LogP contribution in [0.3, 0.4) is 0 Å². The third-order valence-corrected chi connectivity index (χ3v) is 14.8. The molecule has 53 heavy (non-hydrogen) atoms. The van der Waals surface area contributed by atoms with Crippen LogP contribution >= 0.6 is 0 Å². The molecule has 15 nitrogen and oxygen atoms in total. The van der Waals surface area contributed by atoms with Crippen molar-refractivity contribution in [3.05, 3.63) is 11.6 Å². The number of hydrogen-bond donors (Lipinski definition) is 10. The molecule has 23 atom stereocenters. The highest BCUT2D eigenvalue weighted by Crippen LogP contribution is 2.69. The fourth-order valence-corrected chi connectivity index (χ4v) is 12.6. The predicted octanol–water partition coefficient (Wildman–Crippen LogP) is -1.45. The van der Waals surface area contributed by atoms with Crippen molar-refractivity contribution in [1.29, 1.82) is 0 Å². The standard InChI is InChI=1S/C38H62O15/c1-15(2)7-24-33(52-36-32(48)30(46)34(25(12-39)51-36)53-35-31(47)29(45)22(43)13-49-35)16(3)27-23(50-24)10-20-19-6-5-17-8-18(41)9-26(44)38(17,14-40)28(19)21(42)11-37(20,27)4/h7,16-36,39-48H,5-6,8-14H2,1-4H3/t16-,17+,18+,19-,20-,21+,22-,23-,24-,25+,26-,27-,28+,29-,30+,31+,32+,33+,34+,35-,36-,37-,38+/m0/s1. The van der Waals surface area contributed by atoms with E-state index in [1.54, 1.807) is 0 Å². The average molecular weight is 759 g/mol. The Balaban J connectivity index is 1.12. The summed E-state index contributed by atoms with van der Waals surface area (Å²) in [6.07, 6.45) is -11.8. The van der Waals surface area contributed by atoms with Crippen LogP contribution in [-0.4, -0.2) is 163 Å². The zero-order valence-corrected chi connectivity index (χ0v) is 31.1. The molecule has 0 unspecified atom stereocenters. The number of aliphatic hydroxyl groups excluding tert-OH is 10. The van der Waals surface area contributed by atoms with Crippen LogP contribution in [0.15, 0.2) is 11.6 Å². The number of ether oxygens (including phenoxy) is 5. The van der Waals surface area contributed by atoms with E-state index in [0.717, 1.165) is 24.8 Å². The van der Waals surface area contributed by atoms with E-state index < -0.39 is 103 Å². The molecule has 4 aliphatic carbocycles. The fraction of sp³-hybridized carbons (Fsp3) is 0.947. The second kappa shape index (κ2) is 15.1. The summed E-state index contributed by atoms with van der Waals surface area (Å²) in [5.74, 6) is -0.548. The molecule has 0 amide bonds. The monoisotopic (exact) mass is 758 g/mol. The maximum absolute atomic E-state index is 12.1. The lowest BCUT2D eigenvalue weighted by atomic mass is 9.42. The van der Waals surface area contributed by atoms with Gasteiger partial charge < -0.3 is 74.7 Å². The van der Waals surface area contributed by atoms with Crippen LogP contribution in [0.4, 0.5) is 0 Å². The second-order valence-corrected chi connectivity index (χ2v) is 17.9. The molecule has 10 N–H and O–H groups in total. The minimum absolute atomic E-state index is 0.0247. The van der Waals surface area contributed by atoms with Crippen LogP contribution in [0.2, 0.25) is 0 Å². The summed E-state index contributed by atoms with van der Waals surface area (Å²) in [6, 6.07) is 0. The van der Waals surface area contributed by atoms with Gasteiger partial charge in [-0.2, -0.15) is 0 Å². The molecule has 0 radical (unpaired) electrons. The second-order valence-electron chi connectivity index (χ2n) is 17.9. The van der Waals surface area contributed by atoms with E-state index in [4.69, 9.17) is 23.7 Å². The van der Waals surface area contributed by atoms with Crippen LogP contribution in [0.1, 0.15) is 66.2 Å². The van der Waals surface area contributed by atoms with Crippen molar-refractivity contribution in [2.45, 2.75) is 158 Å². The topological polar surface area (TPSA) is 248 Å². The summed E-state index contributed by atoms with van der Waals surface area (Å²) in [7, 11) is 0. The Bertz CT molecular complexity index is 1310. The number of rotatable bonds is 7. The Labute approximate surface area is 310 Å². The summed E-state index contributed by atoms with van der Waals surface area (Å²) < 4.78 is 30.6. The minimum atomic E-state index is -1.66. The Morgan fingerprint density at radius 1 is 0.792 bits per heavy atom. The van der Waals surface area contributed by atoms with Crippen LogP contribution in [-0.2, 0) is 23.7 Å². The fourth-order valence-electron chi connectivity index (χ4n) is 12.6. The normalized spacial score (nSPS) is 56.8. The van der Waals surface area contributed by atoms with E-state index in [9.17, 15) is 51.1 Å². The van der Waals surface area contributed by atoms with Crippen molar-refractivity contribution in [3.63, 3.8) is 0 Å². The number of allylic oxidation sites excluding steroid dienone is 1. The van der Waals surface area contributed by atoms with Gasteiger partial charge in [0.1, 0.15) is 48.8 Å². The van der Waals surface area contributed by atoms with Crippen molar-refractivity contribution in [1.82, 2.24) is 0 Å². The molecule has 3 heterocycles. The predicted molar refractivity (Wildman–Crippen MR) is 183 cm³/mol. The zero-order valence-electron chi connectivity index (χ0n) is 31.1. The maximum Gasteiger partial charge on any atom is 0.187 e. The highest BCUT2D eigenvalue weighted by Gasteiger charge is 2.70. The molecule has 7 rings (SSSR count). The Hall–Kier alpha value is -0.860. The molecule has 3 aliphatic heterocycles. The van der Waals surface area contributed by atoms with Gasteiger partial charge in [-0.15, -0.1) is 0 Å². The Morgan fingerprint density at radius 2 is 1.49 bits per heavy atom. The minimum Gasteiger partial charge on any atom is -0.396 e. The van der Waals surface area contributed by atoms with Crippen molar-refractivity contribution in [3.8, 4) is 0 Å². The first-order valence-corrected chi connectivity index (χ1v) is 19.6. The molecule has 0 aromatic heterocycles. The maximum atomic E-state index is 12.1. The number of hydrogen-bond acceptors (Lipinski definition) is 15. The largest absolute Gasteiger partial charge is 0.396 e. The smallest absolute Gasteiger partial charge is 0.187 e. The van der Waals surface area contributed by atoms with E-state index >= 15 is 0 Å². The molecule has 304 valence electrons. The summed E-state index contributed by atoms with van der Waals surface area (Å²) >= 11 is 0. The molecule has 15 heteroatoms. The molecule has 0 aromatic carbocycles. The van der Waals surface area contributed by atoms with Gasteiger partial charge >= 0.3 is 0 Å². The zero-order chi connectivity index (χ0) is 38.3. The van der Waals surface area contributed by atoms with Crippen LogP contribution in [0.5, 0.6) is 0 Å².